The minimum atomic E-state index is -3.94. The van der Waals surface area contributed by atoms with Crippen LogP contribution in [-0.4, -0.2) is 29.4 Å². The van der Waals surface area contributed by atoms with Crippen LogP contribution in [0.1, 0.15) is 18.1 Å². The molecule has 24 heavy (non-hydrogen) atoms. The van der Waals surface area contributed by atoms with Crippen LogP contribution in [-0.2, 0) is 32.1 Å². The first kappa shape index (κ1) is 18.3. The molecule has 128 valence electrons. The number of benzene rings is 2. The molecule has 0 saturated heterocycles. The molecule has 2 aromatic carbocycles. The molecule has 0 aliphatic carbocycles. The fraction of sp³-hybridized carbons (Fsp3) is 0.188. The number of carbonyl (C=O) groups excluding carboxylic acids is 1. The highest BCUT2D eigenvalue weighted by Gasteiger charge is 2.24. The van der Waals surface area contributed by atoms with Gasteiger partial charge in [0.1, 0.15) is 4.90 Å². The van der Waals surface area contributed by atoms with E-state index in [2.05, 4.69) is 0 Å². The molecular formula is C16H15O6S2-. The third kappa shape index (κ3) is 4.28. The van der Waals surface area contributed by atoms with Crippen LogP contribution < -0.4 is 4.74 Å². The van der Waals surface area contributed by atoms with Gasteiger partial charge in [-0.25, -0.2) is 8.42 Å². The zero-order valence-corrected chi connectivity index (χ0v) is 14.6. The molecule has 0 saturated carbocycles. The minimum Gasteiger partial charge on any atom is -0.768 e. The van der Waals surface area contributed by atoms with Crippen molar-refractivity contribution in [2.75, 3.05) is 6.26 Å². The summed E-state index contributed by atoms with van der Waals surface area (Å²) >= 11 is -2.79. The van der Waals surface area contributed by atoms with Crippen molar-refractivity contribution >= 4 is 26.9 Å². The van der Waals surface area contributed by atoms with Crippen LogP contribution in [0.15, 0.2) is 52.3 Å². The number of sulfone groups is 1. The Hall–Kier alpha value is -2.03. The maximum atomic E-state index is 12.1. The van der Waals surface area contributed by atoms with Crippen molar-refractivity contribution in [2.45, 2.75) is 23.1 Å². The van der Waals surface area contributed by atoms with Gasteiger partial charge in [0.2, 0.25) is 0 Å². The van der Waals surface area contributed by atoms with Gasteiger partial charge in [0.05, 0.1) is 0 Å². The Kier molecular flexibility index (Phi) is 5.53. The van der Waals surface area contributed by atoms with Gasteiger partial charge in [0, 0.05) is 30.1 Å². The lowest BCUT2D eigenvalue weighted by Crippen LogP contribution is -2.13. The Bertz CT molecular complexity index is 888. The predicted octanol–water partition coefficient (Wildman–Crippen LogP) is 1.84. The summed E-state index contributed by atoms with van der Waals surface area (Å²) < 4.78 is 52.0. The molecule has 1 unspecified atom stereocenters. The third-order valence-electron chi connectivity index (χ3n) is 3.19. The third-order valence-corrected chi connectivity index (χ3v) is 5.17. The quantitative estimate of drug-likeness (QED) is 0.454. The molecule has 0 heterocycles. The molecule has 0 aliphatic rings. The molecule has 1 atom stereocenters. The Morgan fingerprint density at radius 1 is 1.17 bits per heavy atom. The molecule has 0 aromatic heterocycles. The van der Waals surface area contributed by atoms with Crippen LogP contribution in [0.5, 0.6) is 5.75 Å². The van der Waals surface area contributed by atoms with Gasteiger partial charge in [-0.05, 0) is 22.7 Å². The van der Waals surface area contributed by atoms with E-state index in [4.69, 9.17) is 4.74 Å². The average Bonchev–Trinajstić information content (AvgIpc) is 2.47. The summed E-state index contributed by atoms with van der Waals surface area (Å²) in [5, 5.41) is 0. The van der Waals surface area contributed by atoms with Gasteiger partial charge in [0.25, 0.3) is 0 Å². The van der Waals surface area contributed by atoms with Gasteiger partial charge in [-0.15, -0.1) is 0 Å². The minimum absolute atomic E-state index is 0.240. The molecule has 2 aromatic rings. The predicted molar refractivity (Wildman–Crippen MR) is 87.3 cm³/mol. The lowest BCUT2D eigenvalue weighted by atomic mass is 10.0. The molecule has 0 bridgehead atoms. The van der Waals surface area contributed by atoms with Gasteiger partial charge in [0.15, 0.2) is 15.6 Å². The van der Waals surface area contributed by atoms with E-state index in [9.17, 15) is 22.0 Å². The van der Waals surface area contributed by atoms with Crippen LogP contribution in [0.3, 0.4) is 0 Å². The standard InChI is InChI=1S/C16H16O6S2/c1-11(17)22-15-13(10-12-6-4-3-5-7-12)8-9-14(23(18)19)16(15)24(2,20)21/h3-9H,10H2,1-2H3,(H,18,19)/p-1. The van der Waals surface area contributed by atoms with E-state index in [1.165, 1.54) is 12.1 Å². The molecule has 0 radical (unpaired) electrons. The molecule has 0 amide bonds. The maximum Gasteiger partial charge on any atom is 0.308 e. The molecule has 6 nitrogen and oxygen atoms in total. The highest BCUT2D eigenvalue weighted by molar-refractivity contribution is 7.91. The lowest BCUT2D eigenvalue weighted by Gasteiger charge is -2.18. The summed E-state index contributed by atoms with van der Waals surface area (Å²) in [6.07, 6.45) is 1.16. The van der Waals surface area contributed by atoms with Crippen molar-refractivity contribution in [3.63, 3.8) is 0 Å². The summed E-state index contributed by atoms with van der Waals surface area (Å²) in [7, 11) is -3.94. The molecule has 8 heteroatoms. The van der Waals surface area contributed by atoms with Crippen LogP contribution >= 0.6 is 0 Å². The van der Waals surface area contributed by atoms with Gasteiger partial charge in [-0.1, -0.05) is 36.4 Å². The lowest BCUT2D eigenvalue weighted by molar-refractivity contribution is -0.132. The molecule has 0 N–H and O–H groups in total. The molecular weight excluding hydrogens is 352 g/mol. The molecule has 0 fully saturated rings. The van der Waals surface area contributed by atoms with Crippen LogP contribution in [0, 0.1) is 0 Å². The zero-order chi connectivity index (χ0) is 17.9. The van der Waals surface area contributed by atoms with Gasteiger partial charge in [-0.2, -0.15) is 0 Å². The zero-order valence-electron chi connectivity index (χ0n) is 13.0. The van der Waals surface area contributed by atoms with E-state index in [-0.39, 0.29) is 12.2 Å². The first-order valence-corrected chi connectivity index (χ1v) is 9.84. The van der Waals surface area contributed by atoms with Gasteiger partial charge < -0.3 is 9.29 Å². The van der Waals surface area contributed by atoms with E-state index in [0.29, 0.717) is 5.56 Å². The molecule has 2 rings (SSSR count). The van der Waals surface area contributed by atoms with Crippen LogP contribution in [0.25, 0.3) is 0 Å². The first-order chi connectivity index (χ1) is 11.2. The number of hydrogen-bond acceptors (Lipinski definition) is 6. The Labute approximate surface area is 142 Å². The van der Waals surface area contributed by atoms with Crippen molar-refractivity contribution in [3.05, 3.63) is 53.6 Å². The summed E-state index contributed by atoms with van der Waals surface area (Å²) in [4.78, 5) is 10.5. The Morgan fingerprint density at radius 3 is 2.29 bits per heavy atom. The van der Waals surface area contributed by atoms with E-state index in [1.54, 1.807) is 0 Å². The van der Waals surface area contributed by atoms with E-state index in [1.807, 2.05) is 30.3 Å². The number of hydrogen-bond donors (Lipinski definition) is 0. The number of ether oxygens (including phenoxy) is 1. The van der Waals surface area contributed by atoms with Crippen molar-refractivity contribution < 1.29 is 26.7 Å². The van der Waals surface area contributed by atoms with Gasteiger partial charge in [-0.3, -0.25) is 9.00 Å². The molecule has 0 aliphatic heterocycles. The summed E-state index contributed by atoms with van der Waals surface area (Å²) in [6.45, 7) is 1.12. The average molecular weight is 367 g/mol. The number of carbonyl (C=O) groups is 1. The van der Waals surface area contributed by atoms with E-state index < -0.39 is 36.7 Å². The van der Waals surface area contributed by atoms with Gasteiger partial charge >= 0.3 is 5.97 Å². The highest BCUT2D eigenvalue weighted by Crippen LogP contribution is 2.34. The van der Waals surface area contributed by atoms with Crippen LogP contribution in [0.2, 0.25) is 0 Å². The smallest absolute Gasteiger partial charge is 0.308 e. The second-order valence-corrected chi connectivity index (χ2v) is 8.01. The second kappa shape index (κ2) is 7.25. The fourth-order valence-corrected chi connectivity index (χ4v) is 4.30. The number of rotatable bonds is 5. The molecule has 0 spiro atoms. The largest absolute Gasteiger partial charge is 0.768 e. The monoisotopic (exact) mass is 367 g/mol. The summed E-state index contributed by atoms with van der Waals surface area (Å²) in [5.74, 6) is -0.974. The van der Waals surface area contributed by atoms with E-state index in [0.717, 1.165) is 18.7 Å². The highest BCUT2D eigenvalue weighted by atomic mass is 32.2. The Balaban J connectivity index is 2.71. The number of esters is 1. The van der Waals surface area contributed by atoms with Crippen molar-refractivity contribution in [3.8, 4) is 5.75 Å². The van der Waals surface area contributed by atoms with Crippen LogP contribution in [0.4, 0.5) is 0 Å². The SMILES string of the molecule is CC(=O)Oc1c(Cc2ccccc2)ccc(S(=O)[O-])c1S(C)(=O)=O. The normalized spacial score (nSPS) is 12.6. The summed E-state index contributed by atoms with van der Waals surface area (Å²) in [5.41, 5.74) is 1.27. The summed E-state index contributed by atoms with van der Waals surface area (Å²) in [6, 6.07) is 11.8. The maximum absolute atomic E-state index is 12.1. The first-order valence-electron chi connectivity index (χ1n) is 6.87. The van der Waals surface area contributed by atoms with Crippen molar-refractivity contribution in [2.24, 2.45) is 0 Å². The van der Waals surface area contributed by atoms with Crippen molar-refractivity contribution in [1.82, 2.24) is 0 Å². The van der Waals surface area contributed by atoms with Crippen molar-refractivity contribution in [1.29, 1.82) is 0 Å². The fourth-order valence-electron chi connectivity index (χ4n) is 2.28. The van der Waals surface area contributed by atoms with E-state index >= 15 is 0 Å². The second-order valence-electron chi connectivity index (χ2n) is 5.14. The Morgan fingerprint density at radius 2 is 1.79 bits per heavy atom. The topological polar surface area (TPSA) is 101 Å².